The molecule has 172 valence electrons. The highest BCUT2D eigenvalue weighted by molar-refractivity contribution is 6.31. The summed E-state index contributed by atoms with van der Waals surface area (Å²) < 4.78 is 46.4. The molecular weight excluding hydrogens is 457 g/mol. The van der Waals surface area contributed by atoms with Gasteiger partial charge in [-0.05, 0) is 55.0 Å². The van der Waals surface area contributed by atoms with Gasteiger partial charge in [-0.15, -0.1) is 0 Å². The van der Waals surface area contributed by atoms with Crippen molar-refractivity contribution in [3.63, 3.8) is 0 Å². The first-order valence-corrected chi connectivity index (χ1v) is 11.1. The molecule has 1 aliphatic heterocycles. The molecule has 1 aromatic heterocycles. The number of fused-ring (bicyclic) bond motifs is 2. The molecule has 1 unspecified atom stereocenters. The molecule has 1 saturated heterocycles. The molecule has 1 atom stereocenters. The van der Waals surface area contributed by atoms with E-state index >= 15 is 0 Å². The smallest absolute Gasteiger partial charge is 0.287 e. The van der Waals surface area contributed by atoms with E-state index in [0.717, 1.165) is 29.7 Å². The fraction of sp³-hybridized carbons (Fsp3) is 0.333. The topological polar surface area (TPSA) is 62.6 Å². The first-order valence-electron chi connectivity index (χ1n) is 10.8. The van der Waals surface area contributed by atoms with Crippen LogP contribution in [0.1, 0.15) is 47.0 Å². The quantitative estimate of drug-likeness (QED) is 0.593. The molecule has 2 heterocycles. The van der Waals surface area contributed by atoms with Gasteiger partial charge in [-0.1, -0.05) is 11.6 Å². The lowest BCUT2D eigenvalue weighted by atomic mass is 10.00. The summed E-state index contributed by atoms with van der Waals surface area (Å²) in [7, 11) is 0. The molecule has 0 radical (unpaired) electrons. The SMILES string of the molecule is O=C(NC1CCN(C2CCc3cc(F)c(F)cc32)CC1)c1cc(=O)c2cc(F)c(Cl)cc2o1. The normalized spacial score (nSPS) is 19.1. The lowest BCUT2D eigenvalue weighted by Crippen LogP contribution is -2.45. The Morgan fingerprint density at radius 3 is 2.48 bits per heavy atom. The largest absolute Gasteiger partial charge is 0.451 e. The second-order valence-electron chi connectivity index (χ2n) is 8.54. The van der Waals surface area contributed by atoms with Crippen LogP contribution >= 0.6 is 11.6 Å². The standard InChI is InChI=1S/C24H20ClF3N2O3/c25-16-10-22-15(9-17(16)26)21(31)11-23(33-22)24(32)29-13-3-5-30(6-4-13)20-2-1-12-7-18(27)19(28)8-14(12)20/h7-11,13,20H,1-6H2,(H,29,32). The zero-order chi connectivity index (χ0) is 23.3. The average molecular weight is 477 g/mol. The van der Waals surface area contributed by atoms with Crippen LogP contribution in [0.15, 0.2) is 39.5 Å². The van der Waals surface area contributed by atoms with Crippen molar-refractivity contribution in [2.45, 2.75) is 37.8 Å². The maximum Gasteiger partial charge on any atom is 0.287 e. The van der Waals surface area contributed by atoms with Crippen molar-refractivity contribution in [1.82, 2.24) is 10.2 Å². The number of likely N-dealkylation sites (tertiary alicyclic amines) is 1. The second kappa shape index (κ2) is 8.50. The maximum atomic E-state index is 13.8. The molecule has 1 N–H and O–H groups in total. The minimum atomic E-state index is -0.830. The van der Waals surface area contributed by atoms with Crippen LogP contribution in [0.5, 0.6) is 0 Å². The number of carbonyl (C=O) groups is 1. The fourth-order valence-corrected chi connectivity index (χ4v) is 4.98. The molecule has 2 aromatic carbocycles. The Morgan fingerprint density at radius 2 is 1.73 bits per heavy atom. The van der Waals surface area contributed by atoms with Crippen LogP contribution in [0.25, 0.3) is 11.0 Å². The van der Waals surface area contributed by atoms with Gasteiger partial charge in [-0.2, -0.15) is 0 Å². The van der Waals surface area contributed by atoms with Gasteiger partial charge in [0.2, 0.25) is 0 Å². The number of piperidine rings is 1. The Kier molecular flexibility index (Phi) is 5.66. The summed E-state index contributed by atoms with van der Waals surface area (Å²) in [4.78, 5) is 27.2. The Hall–Kier alpha value is -2.84. The van der Waals surface area contributed by atoms with Crippen LogP contribution in [-0.2, 0) is 6.42 Å². The van der Waals surface area contributed by atoms with Crippen molar-refractivity contribution in [2.75, 3.05) is 13.1 Å². The van der Waals surface area contributed by atoms with Gasteiger partial charge in [0.05, 0.1) is 10.4 Å². The number of hydrogen-bond donors (Lipinski definition) is 1. The zero-order valence-corrected chi connectivity index (χ0v) is 18.2. The van der Waals surface area contributed by atoms with E-state index in [2.05, 4.69) is 10.2 Å². The third-order valence-corrected chi connectivity index (χ3v) is 6.82. The number of aryl methyl sites for hydroxylation is 1. The number of benzene rings is 2. The van der Waals surface area contributed by atoms with Crippen molar-refractivity contribution >= 4 is 28.5 Å². The number of hydrogen-bond acceptors (Lipinski definition) is 4. The van der Waals surface area contributed by atoms with Crippen molar-refractivity contribution in [3.8, 4) is 0 Å². The first-order chi connectivity index (χ1) is 15.8. The summed E-state index contributed by atoms with van der Waals surface area (Å²) in [6.07, 6.45) is 2.84. The molecule has 5 rings (SSSR count). The fourth-order valence-electron chi connectivity index (χ4n) is 4.83. The minimum Gasteiger partial charge on any atom is -0.451 e. The van der Waals surface area contributed by atoms with Gasteiger partial charge in [-0.3, -0.25) is 14.5 Å². The summed E-state index contributed by atoms with van der Waals surface area (Å²) in [6.45, 7) is 1.37. The Morgan fingerprint density at radius 1 is 1.00 bits per heavy atom. The van der Waals surface area contributed by atoms with Gasteiger partial charge in [-0.25, -0.2) is 13.2 Å². The van der Waals surface area contributed by atoms with Gasteiger partial charge in [0, 0.05) is 37.3 Å². The third-order valence-electron chi connectivity index (χ3n) is 6.53. The molecule has 0 spiro atoms. The van der Waals surface area contributed by atoms with Crippen LogP contribution in [0.3, 0.4) is 0 Å². The van der Waals surface area contributed by atoms with Crippen LogP contribution in [0.4, 0.5) is 13.2 Å². The number of nitrogens with one attached hydrogen (secondary N) is 1. The molecule has 33 heavy (non-hydrogen) atoms. The second-order valence-corrected chi connectivity index (χ2v) is 8.95. The van der Waals surface area contributed by atoms with Crippen LogP contribution in [0.2, 0.25) is 5.02 Å². The van der Waals surface area contributed by atoms with E-state index in [0.29, 0.717) is 32.4 Å². The van der Waals surface area contributed by atoms with Gasteiger partial charge >= 0.3 is 0 Å². The number of amides is 1. The molecule has 0 saturated carbocycles. The van der Waals surface area contributed by atoms with E-state index in [-0.39, 0.29) is 33.8 Å². The van der Waals surface area contributed by atoms with Gasteiger partial charge < -0.3 is 9.73 Å². The van der Waals surface area contributed by atoms with Crippen molar-refractivity contribution in [1.29, 1.82) is 0 Å². The summed E-state index contributed by atoms with van der Waals surface area (Å²) in [5.41, 5.74) is 1.19. The highest BCUT2D eigenvalue weighted by atomic mass is 35.5. The third kappa shape index (κ3) is 4.13. The van der Waals surface area contributed by atoms with Crippen LogP contribution in [-0.4, -0.2) is 29.9 Å². The van der Waals surface area contributed by atoms with Crippen molar-refractivity contribution in [2.24, 2.45) is 0 Å². The Bertz CT molecular complexity index is 1320. The molecule has 1 aliphatic carbocycles. The number of rotatable bonds is 3. The monoisotopic (exact) mass is 476 g/mol. The predicted octanol–water partition coefficient (Wildman–Crippen LogP) is 4.75. The highest BCUT2D eigenvalue weighted by Gasteiger charge is 2.32. The highest BCUT2D eigenvalue weighted by Crippen LogP contribution is 2.38. The number of nitrogens with zero attached hydrogens (tertiary/aromatic N) is 1. The zero-order valence-electron chi connectivity index (χ0n) is 17.5. The van der Waals surface area contributed by atoms with E-state index in [1.165, 1.54) is 18.2 Å². The molecule has 1 fully saturated rings. The molecular formula is C24H20ClF3N2O3. The lowest BCUT2D eigenvalue weighted by Gasteiger charge is -2.36. The van der Waals surface area contributed by atoms with E-state index in [1.54, 1.807) is 0 Å². The van der Waals surface area contributed by atoms with Crippen molar-refractivity contribution in [3.05, 3.63) is 79.9 Å². The average Bonchev–Trinajstić information content (AvgIpc) is 3.18. The Labute approximate surface area is 192 Å². The Balaban J connectivity index is 1.25. The summed E-state index contributed by atoms with van der Waals surface area (Å²) in [5.74, 6) is -3.08. The van der Waals surface area contributed by atoms with E-state index < -0.39 is 28.8 Å². The summed E-state index contributed by atoms with van der Waals surface area (Å²) in [6, 6.07) is 5.71. The number of carbonyl (C=O) groups excluding carboxylic acids is 1. The molecule has 2 aliphatic rings. The van der Waals surface area contributed by atoms with Crippen LogP contribution < -0.4 is 10.7 Å². The molecule has 1 amide bonds. The lowest BCUT2D eigenvalue weighted by molar-refractivity contribution is 0.0864. The molecule has 0 bridgehead atoms. The number of halogens is 4. The molecule has 5 nitrogen and oxygen atoms in total. The first kappa shape index (κ1) is 22.0. The predicted molar refractivity (Wildman–Crippen MR) is 117 cm³/mol. The van der Waals surface area contributed by atoms with Gasteiger partial charge in [0.1, 0.15) is 11.4 Å². The van der Waals surface area contributed by atoms with Crippen LogP contribution in [0, 0.1) is 17.5 Å². The van der Waals surface area contributed by atoms with Crippen molar-refractivity contribution < 1.29 is 22.4 Å². The van der Waals surface area contributed by atoms with Gasteiger partial charge in [0.25, 0.3) is 5.91 Å². The van der Waals surface area contributed by atoms with E-state index in [4.69, 9.17) is 16.0 Å². The maximum absolute atomic E-state index is 13.8. The van der Waals surface area contributed by atoms with Gasteiger partial charge in [0.15, 0.2) is 22.8 Å². The van der Waals surface area contributed by atoms with E-state index in [9.17, 15) is 22.8 Å². The molecule has 9 heteroatoms. The summed E-state index contributed by atoms with van der Waals surface area (Å²) >= 11 is 5.76. The summed E-state index contributed by atoms with van der Waals surface area (Å²) in [5, 5.41) is 2.69. The minimum absolute atomic E-state index is 0.00919. The molecule has 3 aromatic rings. The van der Waals surface area contributed by atoms with E-state index in [1.807, 2.05) is 0 Å².